The SMILES string of the molecule is CC(C)(C)CC1CCOB(c2cccc(C3CC(CC(C)(C)C)OB(c4cccc(C5CC(CC(C)(C)C)OB(c6ccccc6)O5)c4)O3)c2)O1. The molecule has 5 unspecified atom stereocenters. The summed E-state index contributed by atoms with van der Waals surface area (Å²) in [6.07, 6.45) is 5.45. The normalized spacial score (nSPS) is 25.3. The van der Waals surface area contributed by atoms with Crippen LogP contribution < -0.4 is 16.4 Å². The van der Waals surface area contributed by atoms with Gasteiger partial charge in [-0.3, -0.25) is 0 Å². The first-order valence-electron chi connectivity index (χ1n) is 19.2. The van der Waals surface area contributed by atoms with Crippen molar-refractivity contribution in [3.8, 4) is 0 Å². The fraction of sp³-hybridized carbons (Fsp3) is 0.571. The summed E-state index contributed by atoms with van der Waals surface area (Å²) in [5.74, 6) is 0. The van der Waals surface area contributed by atoms with Gasteiger partial charge in [0.1, 0.15) is 0 Å². The van der Waals surface area contributed by atoms with Crippen LogP contribution in [0.5, 0.6) is 0 Å². The van der Waals surface area contributed by atoms with Gasteiger partial charge in [0.15, 0.2) is 0 Å². The average Bonchev–Trinajstić information content (AvgIpc) is 3.06. The van der Waals surface area contributed by atoms with E-state index in [4.69, 9.17) is 27.9 Å². The van der Waals surface area contributed by atoms with Gasteiger partial charge in [-0.2, -0.15) is 0 Å². The van der Waals surface area contributed by atoms with Gasteiger partial charge in [-0.05, 0) is 69.4 Å². The van der Waals surface area contributed by atoms with E-state index >= 15 is 0 Å². The lowest BCUT2D eigenvalue weighted by Crippen LogP contribution is -2.48. The van der Waals surface area contributed by atoms with Gasteiger partial charge in [-0.15, -0.1) is 0 Å². The first kappa shape index (κ1) is 38.3. The largest absolute Gasteiger partial charge is 0.494 e. The van der Waals surface area contributed by atoms with Crippen molar-refractivity contribution in [3.05, 3.63) is 90.0 Å². The summed E-state index contributed by atoms with van der Waals surface area (Å²) in [4.78, 5) is 0. The molecule has 0 saturated carbocycles. The standard InChI is InChI=1S/C42H59B3O6/c1-40(2,3)27-35-21-22-46-43(47-35)33-19-13-15-30(23-33)39-26-37(29-42(7,8)9)49-45(51-39)34-20-14-16-31(24-34)38-25-36(28-41(4,5)6)48-44(50-38)32-17-11-10-12-18-32/h10-20,23-24,35-39H,21-22,25-29H2,1-9H3. The molecule has 6 rings (SSSR count). The van der Waals surface area contributed by atoms with Crippen LogP contribution in [0.15, 0.2) is 78.9 Å². The zero-order valence-electron chi connectivity index (χ0n) is 32.5. The van der Waals surface area contributed by atoms with Gasteiger partial charge in [0.2, 0.25) is 0 Å². The molecule has 3 aliphatic rings. The van der Waals surface area contributed by atoms with Gasteiger partial charge in [-0.1, -0.05) is 141 Å². The molecule has 0 radical (unpaired) electrons. The summed E-state index contributed by atoms with van der Waals surface area (Å²) in [6, 6.07) is 27.5. The molecular formula is C42H59B3O6. The van der Waals surface area contributed by atoms with Crippen molar-refractivity contribution in [2.45, 2.75) is 131 Å². The van der Waals surface area contributed by atoms with E-state index in [1.54, 1.807) is 0 Å². The van der Waals surface area contributed by atoms with E-state index in [-0.39, 0.29) is 53.9 Å². The minimum Gasteiger partial charge on any atom is -0.407 e. The van der Waals surface area contributed by atoms with E-state index in [9.17, 15) is 0 Å². The Hall–Kier alpha value is -2.39. The summed E-state index contributed by atoms with van der Waals surface area (Å²) in [5, 5.41) is 0. The quantitative estimate of drug-likeness (QED) is 0.223. The van der Waals surface area contributed by atoms with E-state index in [1.165, 1.54) is 0 Å². The number of rotatable bonds is 8. The van der Waals surface area contributed by atoms with Crippen LogP contribution in [0.3, 0.4) is 0 Å². The lowest BCUT2D eigenvalue weighted by Gasteiger charge is -2.38. The Labute approximate surface area is 309 Å². The third-order valence-corrected chi connectivity index (χ3v) is 9.89. The Kier molecular flexibility index (Phi) is 12.0. The molecule has 0 bridgehead atoms. The second-order valence-electron chi connectivity index (χ2n) is 18.7. The summed E-state index contributed by atoms with van der Waals surface area (Å²) < 4.78 is 39.6. The summed E-state index contributed by atoms with van der Waals surface area (Å²) in [5.41, 5.74) is 5.79. The summed E-state index contributed by atoms with van der Waals surface area (Å²) in [7, 11) is -1.30. The fourth-order valence-corrected chi connectivity index (χ4v) is 7.80. The van der Waals surface area contributed by atoms with Crippen molar-refractivity contribution in [2.75, 3.05) is 6.61 Å². The third kappa shape index (κ3) is 11.1. The topological polar surface area (TPSA) is 55.4 Å². The Morgan fingerprint density at radius 3 is 1.43 bits per heavy atom. The highest BCUT2D eigenvalue weighted by Crippen LogP contribution is 2.37. The zero-order valence-corrected chi connectivity index (χ0v) is 32.5. The predicted octanol–water partition coefficient (Wildman–Crippen LogP) is 7.98. The maximum atomic E-state index is 6.88. The number of hydrogen-bond acceptors (Lipinski definition) is 6. The number of benzene rings is 3. The van der Waals surface area contributed by atoms with Crippen molar-refractivity contribution in [1.82, 2.24) is 0 Å². The second-order valence-corrected chi connectivity index (χ2v) is 18.7. The fourth-order valence-electron chi connectivity index (χ4n) is 7.80. The molecule has 272 valence electrons. The second kappa shape index (κ2) is 15.9. The van der Waals surface area contributed by atoms with Crippen molar-refractivity contribution in [3.63, 3.8) is 0 Å². The first-order valence-corrected chi connectivity index (χ1v) is 19.2. The first-order chi connectivity index (χ1) is 24.1. The van der Waals surface area contributed by atoms with E-state index in [2.05, 4.69) is 123 Å². The molecule has 0 amide bonds. The summed E-state index contributed by atoms with van der Waals surface area (Å²) in [6.45, 7) is 21.2. The van der Waals surface area contributed by atoms with E-state index in [0.29, 0.717) is 6.61 Å². The van der Waals surface area contributed by atoms with Crippen molar-refractivity contribution in [2.24, 2.45) is 16.2 Å². The van der Waals surface area contributed by atoms with Crippen LogP contribution in [-0.2, 0) is 27.9 Å². The highest BCUT2D eigenvalue weighted by atomic mass is 16.6. The Bertz CT molecular complexity index is 1560. The molecule has 3 aromatic carbocycles. The molecule has 3 heterocycles. The maximum absolute atomic E-state index is 6.88. The van der Waals surface area contributed by atoms with Gasteiger partial charge < -0.3 is 27.9 Å². The predicted molar refractivity (Wildman–Crippen MR) is 210 cm³/mol. The molecule has 0 aliphatic carbocycles. The van der Waals surface area contributed by atoms with Crippen LogP contribution in [0.25, 0.3) is 0 Å². The Balaban J connectivity index is 1.24. The van der Waals surface area contributed by atoms with Crippen molar-refractivity contribution >= 4 is 37.7 Å². The molecule has 3 aliphatic heterocycles. The van der Waals surface area contributed by atoms with Crippen LogP contribution in [0, 0.1) is 16.2 Å². The van der Waals surface area contributed by atoms with E-state index in [1.807, 2.05) is 18.2 Å². The van der Waals surface area contributed by atoms with E-state index in [0.717, 1.165) is 66.0 Å². The van der Waals surface area contributed by atoms with Gasteiger partial charge in [0, 0.05) is 37.8 Å². The molecule has 6 nitrogen and oxygen atoms in total. The lowest BCUT2D eigenvalue weighted by molar-refractivity contribution is 0.00297. The molecule has 5 atom stereocenters. The van der Waals surface area contributed by atoms with Gasteiger partial charge in [0.05, 0.1) is 12.2 Å². The van der Waals surface area contributed by atoms with Gasteiger partial charge in [-0.25, -0.2) is 0 Å². The Morgan fingerprint density at radius 2 is 0.922 bits per heavy atom. The summed E-state index contributed by atoms with van der Waals surface area (Å²) >= 11 is 0. The van der Waals surface area contributed by atoms with Crippen molar-refractivity contribution in [1.29, 1.82) is 0 Å². The Morgan fingerprint density at radius 1 is 0.490 bits per heavy atom. The molecule has 9 heteroatoms. The molecule has 0 aromatic heterocycles. The molecular weight excluding hydrogens is 633 g/mol. The van der Waals surface area contributed by atoms with Crippen LogP contribution in [0.1, 0.15) is 124 Å². The van der Waals surface area contributed by atoms with Crippen LogP contribution in [0.2, 0.25) is 0 Å². The minimum absolute atomic E-state index is 0.0392. The minimum atomic E-state index is -0.506. The maximum Gasteiger partial charge on any atom is 0.494 e. The average molecular weight is 692 g/mol. The third-order valence-electron chi connectivity index (χ3n) is 9.89. The van der Waals surface area contributed by atoms with Gasteiger partial charge in [0.25, 0.3) is 0 Å². The van der Waals surface area contributed by atoms with Crippen molar-refractivity contribution < 1.29 is 27.9 Å². The molecule has 3 aromatic rings. The van der Waals surface area contributed by atoms with Gasteiger partial charge >= 0.3 is 21.4 Å². The number of hydrogen-bond donors (Lipinski definition) is 0. The van der Waals surface area contributed by atoms with Crippen LogP contribution in [-0.4, -0.2) is 46.3 Å². The van der Waals surface area contributed by atoms with Crippen LogP contribution in [0.4, 0.5) is 0 Å². The smallest absolute Gasteiger partial charge is 0.407 e. The molecule has 3 fully saturated rings. The highest BCUT2D eigenvalue weighted by molar-refractivity contribution is 6.62. The molecule has 0 spiro atoms. The molecule has 3 saturated heterocycles. The highest BCUT2D eigenvalue weighted by Gasteiger charge is 2.41. The molecule has 51 heavy (non-hydrogen) atoms. The van der Waals surface area contributed by atoms with E-state index < -0.39 is 14.2 Å². The zero-order chi connectivity index (χ0) is 36.4. The van der Waals surface area contributed by atoms with Crippen LogP contribution >= 0.6 is 0 Å². The lowest BCUT2D eigenvalue weighted by atomic mass is 9.72. The molecule has 0 N–H and O–H groups in total. The monoisotopic (exact) mass is 692 g/mol.